The average molecular weight is 376 g/mol. The van der Waals surface area contributed by atoms with Crippen molar-refractivity contribution in [3.05, 3.63) is 24.3 Å². The lowest BCUT2D eigenvalue weighted by molar-refractivity contribution is -0.138. The topological polar surface area (TPSA) is 121 Å². The molecule has 1 heterocycles. The number of sulfonamides is 2. The van der Waals surface area contributed by atoms with Crippen LogP contribution in [-0.2, 0) is 24.8 Å². The standard InChI is InChI=1S/C14H20N2O6S2/c1-11(14(17)18)15-23(19,20)12-5-7-13(8-6-12)24(21,22)16-9-3-2-4-10-16/h5-8,11,15H,2-4,9-10H2,1H3,(H,17,18)/t11-/m1/s1. The number of rotatable bonds is 6. The fraction of sp³-hybridized carbons (Fsp3) is 0.500. The maximum atomic E-state index is 12.5. The summed E-state index contributed by atoms with van der Waals surface area (Å²) in [6, 6.07) is 3.49. The number of hydrogen-bond acceptors (Lipinski definition) is 5. The first-order valence-electron chi connectivity index (χ1n) is 7.50. The van der Waals surface area contributed by atoms with Crippen molar-refractivity contribution in [3.63, 3.8) is 0 Å². The molecule has 134 valence electrons. The van der Waals surface area contributed by atoms with Gasteiger partial charge < -0.3 is 5.11 Å². The van der Waals surface area contributed by atoms with Gasteiger partial charge in [0, 0.05) is 13.1 Å². The Kier molecular flexibility index (Phi) is 5.63. The fourth-order valence-corrected chi connectivity index (χ4v) is 5.11. The third-order valence-corrected chi connectivity index (χ3v) is 7.26. The van der Waals surface area contributed by atoms with Gasteiger partial charge in [-0.2, -0.15) is 9.03 Å². The number of carbonyl (C=O) groups is 1. The average Bonchev–Trinajstić information content (AvgIpc) is 2.55. The highest BCUT2D eigenvalue weighted by Gasteiger charge is 2.27. The predicted octanol–water partition coefficient (Wildman–Crippen LogP) is 0.613. The molecule has 1 aromatic rings. The molecule has 0 unspecified atom stereocenters. The second-order valence-corrected chi connectivity index (χ2v) is 9.27. The molecule has 10 heteroatoms. The molecule has 1 fully saturated rings. The van der Waals surface area contributed by atoms with Gasteiger partial charge in [-0.1, -0.05) is 6.42 Å². The minimum atomic E-state index is -4.03. The maximum Gasteiger partial charge on any atom is 0.321 e. The summed E-state index contributed by atoms with van der Waals surface area (Å²) < 4.78 is 52.5. The fourth-order valence-electron chi connectivity index (χ4n) is 2.40. The van der Waals surface area contributed by atoms with E-state index in [1.54, 1.807) is 0 Å². The second-order valence-electron chi connectivity index (χ2n) is 5.62. The van der Waals surface area contributed by atoms with E-state index in [-0.39, 0.29) is 9.79 Å². The summed E-state index contributed by atoms with van der Waals surface area (Å²) in [5.41, 5.74) is 0. The smallest absolute Gasteiger partial charge is 0.321 e. The molecule has 0 spiro atoms. The lowest BCUT2D eigenvalue weighted by Gasteiger charge is -2.25. The first-order chi connectivity index (χ1) is 11.1. The van der Waals surface area contributed by atoms with Crippen LogP contribution in [-0.4, -0.2) is 51.3 Å². The Labute approximate surface area is 141 Å². The van der Waals surface area contributed by atoms with Crippen molar-refractivity contribution in [3.8, 4) is 0 Å². The Morgan fingerprint density at radius 2 is 1.54 bits per heavy atom. The molecule has 24 heavy (non-hydrogen) atoms. The first-order valence-corrected chi connectivity index (χ1v) is 10.4. The van der Waals surface area contributed by atoms with Crippen LogP contribution in [0.25, 0.3) is 0 Å². The van der Waals surface area contributed by atoms with Crippen LogP contribution >= 0.6 is 0 Å². The monoisotopic (exact) mass is 376 g/mol. The lowest BCUT2D eigenvalue weighted by Crippen LogP contribution is -2.38. The Bertz CT molecular complexity index is 796. The molecular formula is C14H20N2O6S2. The molecule has 1 aliphatic rings. The van der Waals surface area contributed by atoms with E-state index in [9.17, 15) is 21.6 Å². The van der Waals surface area contributed by atoms with E-state index in [1.807, 2.05) is 4.72 Å². The minimum Gasteiger partial charge on any atom is -0.480 e. The second kappa shape index (κ2) is 7.18. The van der Waals surface area contributed by atoms with Crippen molar-refractivity contribution >= 4 is 26.0 Å². The molecule has 0 saturated carbocycles. The molecule has 0 radical (unpaired) electrons. The molecule has 0 aromatic heterocycles. The predicted molar refractivity (Wildman–Crippen MR) is 86.5 cm³/mol. The summed E-state index contributed by atoms with van der Waals surface area (Å²) in [5, 5.41) is 8.78. The van der Waals surface area contributed by atoms with Crippen LogP contribution in [0.3, 0.4) is 0 Å². The maximum absolute atomic E-state index is 12.5. The number of aliphatic carboxylic acids is 1. The van der Waals surface area contributed by atoms with Gasteiger partial charge in [-0.3, -0.25) is 4.79 Å². The van der Waals surface area contributed by atoms with Crippen LogP contribution < -0.4 is 4.72 Å². The molecular weight excluding hydrogens is 356 g/mol. The Morgan fingerprint density at radius 1 is 1.04 bits per heavy atom. The van der Waals surface area contributed by atoms with Crippen molar-refractivity contribution in [1.29, 1.82) is 0 Å². The molecule has 0 aliphatic carbocycles. The van der Waals surface area contributed by atoms with Crippen LogP contribution in [0.15, 0.2) is 34.1 Å². The summed E-state index contributed by atoms with van der Waals surface area (Å²) in [5.74, 6) is -1.30. The quantitative estimate of drug-likeness (QED) is 0.750. The third kappa shape index (κ3) is 4.12. The zero-order chi connectivity index (χ0) is 18.0. The molecule has 1 aromatic carbocycles. The number of carboxylic acid groups (broad SMARTS) is 1. The summed E-state index contributed by atoms with van der Waals surface area (Å²) in [6.07, 6.45) is 2.61. The SMILES string of the molecule is C[C@@H](NS(=O)(=O)c1ccc(S(=O)(=O)N2CCCCC2)cc1)C(=O)O. The van der Waals surface area contributed by atoms with Crippen LogP contribution in [0.5, 0.6) is 0 Å². The third-order valence-electron chi connectivity index (χ3n) is 3.79. The highest BCUT2D eigenvalue weighted by atomic mass is 32.2. The van der Waals surface area contributed by atoms with Gasteiger partial charge in [0.15, 0.2) is 0 Å². The van der Waals surface area contributed by atoms with E-state index in [0.29, 0.717) is 13.1 Å². The van der Waals surface area contributed by atoms with E-state index in [0.717, 1.165) is 31.4 Å². The van der Waals surface area contributed by atoms with E-state index in [1.165, 1.54) is 23.4 Å². The zero-order valence-corrected chi connectivity index (χ0v) is 14.8. The molecule has 1 atom stereocenters. The number of piperidine rings is 1. The number of carboxylic acids is 1. The lowest BCUT2D eigenvalue weighted by atomic mass is 10.2. The van der Waals surface area contributed by atoms with Crippen molar-refractivity contribution in [2.75, 3.05) is 13.1 Å². The van der Waals surface area contributed by atoms with Crippen molar-refractivity contribution in [2.45, 2.75) is 42.0 Å². The van der Waals surface area contributed by atoms with E-state index >= 15 is 0 Å². The number of nitrogens with one attached hydrogen (secondary N) is 1. The van der Waals surface area contributed by atoms with Gasteiger partial charge in [0.25, 0.3) is 0 Å². The van der Waals surface area contributed by atoms with E-state index < -0.39 is 32.1 Å². The van der Waals surface area contributed by atoms with Gasteiger partial charge in [0.1, 0.15) is 6.04 Å². The zero-order valence-electron chi connectivity index (χ0n) is 13.2. The van der Waals surface area contributed by atoms with Gasteiger partial charge in [-0.05, 0) is 44.0 Å². The van der Waals surface area contributed by atoms with E-state index in [2.05, 4.69) is 0 Å². The highest BCUT2D eigenvalue weighted by molar-refractivity contribution is 7.89. The van der Waals surface area contributed by atoms with Gasteiger partial charge in [-0.25, -0.2) is 16.8 Å². The Hall–Kier alpha value is -1.49. The number of benzene rings is 1. The molecule has 8 nitrogen and oxygen atoms in total. The van der Waals surface area contributed by atoms with E-state index in [4.69, 9.17) is 5.11 Å². The largest absolute Gasteiger partial charge is 0.480 e. The van der Waals surface area contributed by atoms with Crippen LogP contribution in [0.2, 0.25) is 0 Å². The van der Waals surface area contributed by atoms with Crippen molar-refractivity contribution in [1.82, 2.24) is 9.03 Å². The molecule has 0 bridgehead atoms. The Balaban J connectivity index is 2.22. The van der Waals surface area contributed by atoms with Gasteiger partial charge >= 0.3 is 5.97 Å². The molecule has 2 rings (SSSR count). The van der Waals surface area contributed by atoms with Gasteiger partial charge in [0.2, 0.25) is 20.0 Å². The summed E-state index contributed by atoms with van der Waals surface area (Å²) in [7, 11) is -7.67. The highest BCUT2D eigenvalue weighted by Crippen LogP contribution is 2.22. The summed E-state index contributed by atoms with van der Waals surface area (Å²) in [4.78, 5) is 10.6. The van der Waals surface area contributed by atoms with Gasteiger partial charge in [0.05, 0.1) is 9.79 Å². The number of nitrogens with zero attached hydrogens (tertiary/aromatic N) is 1. The summed E-state index contributed by atoms with van der Waals surface area (Å²) in [6.45, 7) is 2.12. The van der Waals surface area contributed by atoms with Crippen molar-refractivity contribution in [2.24, 2.45) is 0 Å². The van der Waals surface area contributed by atoms with Crippen LogP contribution in [0, 0.1) is 0 Å². The van der Waals surface area contributed by atoms with Crippen LogP contribution in [0.1, 0.15) is 26.2 Å². The summed E-state index contributed by atoms with van der Waals surface area (Å²) >= 11 is 0. The number of hydrogen-bond donors (Lipinski definition) is 2. The first kappa shape index (κ1) is 18.8. The minimum absolute atomic E-state index is 0.0228. The molecule has 1 saturated heterocycles. The molecule has 1 aliphatic heterocycles. The Morgan fingerprint density at radius 3 is 2.04 bits per heavy atom. The van der Waals surface area contributed by atoms with Gasteiger partial charge in [-0.15, -0.1) is 0 Å². The normalized spacial score (nSPS) is 18.2. The van der Waals surface area contributed by atoms with Crippen LogP contribution in [0.4, 0.5) is 0 Å². The molecule has 0 amide bonds. The molecule has 2 N–H and O–H groups in total. The van der Waals surface area contributed by atoms with Crippen molar-refractivity contribution < 1.29 is 26.7 Å².